The molecule has 1 aromatic carbocycles. The van der Waals surface area contributed by atoms with E-state index in [2.05, 4.69) is 9.17 Å². The maximum absolute atomic E-state index is 12.5. The number of aromatic nitrogens is 2. The number of benzene rings is 1. The van der Waals surface area contributed by atoms with Gasteiger partial charge in [-0.25, -0.2) is 4.98 Å². The van der Waals surface area contributed by atoms with Gasteiger partial charge in [0.1, 0.15) is 0 Å². The van der Waals surface area contributed by atoms with Crippen LogP contribution in [-0.2, 0) is 10.1 Å². The first kappa shape index (κ1) is 17.5. The maximum atomic E-state index is 12.5. The van der Waals surface area contributed by atoms with Gasteiger partial charge in [0, 0.05) is 12.1 Å². The molecule has 0 bridgehead atoms. The maximum Gasteiger partial charge on any atom is 0.534 e. The summed E-state index contributed by atoms with van der Waals surface area (Å²) in [5, 5.41) is 11.2. The molecule has 0 radical (unpaired) electrons. The number of alkyl halides is 3. The van der Waals surface area contributed by atoms with Gasteiger partial charge in [-0.15, -0.1) is 0 Å². The van der Waals surface area contributed by atoms with Crippen LogP contribution in [0.1, 0.15) is 31.7 Å². The lowest BCUT2D eigenvalue weighted by Crippen LogP contribution is -2.28. The van der Waals surface area contributed by atoms with E-state index in [0.717, 1.165) is 31.7 Å². The third kappa shape index (κ3) is 3.13. The zero-order valence-corrected chi connectivity index (χ0v) is 13.4. The molecule has 0 saturated heterocycles. The molecule has 0 spiro atoms. The molecule has 12 heteroatoms. The van der Waals surface area contributed by atoms with Gasteiger partial charge in [0.05, 0.1) is 22.8 Å². The van der Waals surface area contributed by atoms with Crippen molar-refractivity contribution in [3.05, 3.63) is 28.6 Å². The first-order chi connectivity index (χ1) is 11.6. The number of nitrogens with zero attached hydrogens (tertiary/aromatic N) is 3. The topological polar surface area (TPSA) is 104 Å². The molecule has 3 rings (SSSR count). The van der Waals surface area contributed by atoms with Crippen molar-refractivity contribution in [3.63, 3.8) is 0 Å². The van der Waals surface area contributed by atoms with E-state index in [4.69, 9.17) is 0 Å². The highest BCUT2D eigenvalue weighted by atomic mass is 32.2. The zero-order valence-electron chi connectivity index (χ0n) is 12.6. The second-order valence-corrected chi connectivity index (χ2v) is 7.18. The molecule has 1 fully saturated rings. The van der Waals surface area contributed by atoms with Gasteiger partial charge in [-0.2, -0.15) is 21.6 Å². The average molecular weight is 379 g/mol. The number of imidazole rings is 1. The van der Waals surface area contributed by atoms with Gasteiger partial charge in [0.15, 0.2) is 11.3 Å². The molecule has 1 aliphatic rings. The standard InChI is InChI=1S/C13H12F3N3O5S/c14-13(15,16)25(22,23)24-9-5-10-12(11(6-9)19(20)21)17-7-18(10)8-3-1-2-4-8/h5-8H,1-4H2. The predicted octanol–water partition coefficient (Wildman–Crippen LogP) is 3.29. The van der Waals surface area contributed by atoms with E-state index in [9.17, 15) is 31.7 Å². The van der Waals surface area contributed by atoms with Gasteiger partial charge in [-0.05, 0) is 12.8 Å². The Morgan fingerprint density at radius 3 is 2.48 bits per heavy atom. The highest BCUT2D eigenvalue weighted by Gasteiger charge is 2.48. The van der Waals surface area contributed by atoms with Crippen molar-refractivity contribution in [2.75, 3.05) is 0 Å². The molecule has 1 aliphatic carbocycles. The van der Waals surface area contributed by atoms with Crippen LogP contribution in [0.25, 0.3) is 11.0 Å². The van der Waals surface area contributed by atoms with Crippen molar-refractivity contribution in [1.82, 2.24) is 9.55 Å². The summed E-state index contributed by atoms with van der Waals surface area (Å²) in [6.45, 7) is 0. The van der Waals surface area contributed by atoms with Gasteiger partial charge in [-0.3, -0.25) is 10.1 Å². The normalized spacial score (nSPS) is 16.4. The second kappa shape index (κ2) is 5.86. The lowest BCUT2D eigenvalue weighted by atomic mass is 10.2. The Bertz CT molecular complexity index is 932. The molecule has 0 atom stereocenters. The summed E-state index contributed by atoms with van der Waals surface area (Å²) in [7, 11) is -5.93. The molecule has 25 heavy (non-hydrogen) atoms. The highest BCUT2D eigenvalue weighted by molar-refractivity contribution is 7.88. The Morgan fingerprint density at radius 2 is 1.92 bits per heavy atom. The van der Waals surface area contributed by atoms with Crippen LogP contribution in [0.15, 0.2) is 18.5 Å². The van der Waals surface area contributed by atoms with E-state index in [1.54, 1.807) is 4.57 Å². The highest BCUT2D eigenvalue weighted by Crippen LogP contribution is 2.37. The number of halogens is 3. The molecule has 0 amide bonds. The van der Waals surface area contributed by atoms with E-state index in [-0.39, 0.29) is 17.1 Å². The Hall–Kier alpha value is -2.37. The molecular formula is C13H12F3N3O5S. The average Bonchev–Trinajstić information content (AvgIpc) is 3.12. The molecule has 1 aromatic heterocycles. The Kier molecular flexibility index (Phi) is 4.09. The summed E-state index contributed by atoms with van der Waals surface area (Å²) in [5.74, 6) is -0.781. The zero-order chi connectivity index (χ0) is 18.4. The summed E-state index contributed by atoms with van der Waals surface area (Å²) < 4.78 is 65.5. The molecule has 0 aliphatic heterocycles. The minimum absolute atomic E-state index is 0.000854. The summed E-state index contributed by atoms with van der Waals surface area (Å²) in [4.78, 5) is 14.3. The fourth-order valence-corrected chi connectivity index (χ4v) is 3.37. The van der Waals surface area contributed by atoms with Crippen molar-refractivity contribution in [3.8, 4) is 5.75 Å². The lowest BCUT2D eigenvalue weighted by Gasteiger charge is -2.13. The molecule has 0 N–H and O–H groups in total. The van der Waals surface area contributed by atoms with Crippen LogP contribution < -0.4 is 4.18 Å². The van der Waals surface area contributed by atoms with Crippen LogP contribution >= 0.6 is 0 Å². The summed E-state index contributed by atoms with van der Waals surface area (Å²) in [6.07, 6.45) is 4.86. The van der Waals surface area contributed by atoms with Gasteiger partial charge in [0.2, 0.25) is 0 Å². The number of fused-ring (bicyclic) bond motifs is 1. The third-order valence-electron chi connectivity index (χ3n) is 4.04. The van der Waals surface area contributed by atoms with Crippen LogP contribution in [0.3, 0.4) is 0 Å². The number of non-ortho nitro benzene ring substituents is 1. The van der Waals surface area contributed by atoms with E-state index >= 15 is 0 Å². The third-order valence-corrected chi connectivity index (χ3v) is 5.02. The largest absolute Gasteiger partial charge is 0.534 e. The molecule has 1 heterocycles. The molecule has 8 nitrogen and oxygen atoms in total. The van der Waals surface area contributed by atoms with Crippen LogP contribution in [0.5, 0.6) is 5.75 Å². The van der Waals surface area contributed by atoms with Gasteiger partial charge in [0.25, 0.3) is 0 Å². The number of nitro benzene ring substituents is 1. The number of rotatable bonds is 4. The Labute approximate surface area is 139 Å². The predicted molar refractivity (Wildman–Crippen MR) is 79.5 cm³/mol. The molecule has 0 unspecified atom stereocenters. The SMILES string of the molecule is O=[N+]([O-])c1cc(OS(=O)(=O)C(F)(F)F)cc2c1ncn2C1CCCC1. The molecule has 136 valence electrons. The van der Waals surface area contributed by atoms with E-state index in [1.807, 2.05) is 0 Å². The summed E-state index contributed by atoms with van der Waals surface area (Å²) in [5.41, 5.74) is -6.13. The minimum Gasteiger partial charge on any atom is -0.376 e. The molecule has 1 saturated carbocycles. The van der Waals surface area contributed by atoms with Gasteiger partial charge >= 0.3 is 21.3 Å². The summed E-state index contributed by atoms with van der Waals surface area (Å²) in [6, 6.07) is 1.65. The minimum atomic E-state index is -5.93. The van der Waals surface area contributed by atoms with Crippen molar-refractivity contribution in [1.29, 1.82) is 0 Å². The summed E-state index contributed by atoms with van der Waals surface area (Å²) >= 11 is 0. The van der Waals surface area contributed by atoms with Crippen LogP contribution in [0, 0.1) is 10.1 Å². The Balaban J connectivity index is 2.13. The smallest absolute Gasteiger partial charge is 0.376 e. The fraction of sp³-hybridized carbons (Fsp3) is 0.462. The van der Waals surface area contributed by atoms with Gasteiger partial charge < -0.3 is 8.75 Å². The van der Waals surface area contributed by atoms with Gasteiger partial charge in [-0.1, -0.05) is 12.8 Å². The Morgan fingerprint density at radius 1 is 1.28 bits per heavy atom. The van der Waals surface area contributed by atoms with Crippen LogP contribution in [0.4, 0.5) is 18.9 Å². The number of hydrogen-bond acceptors (Lipinski definition) is 6. The molecular weight excluding hydrogens is 367 g/mol. The van der Waals surface area contributed by atoms with Crippen LogP contribution in [-0.4, -0.2) is 28.4 Å². The fourth-order valence-electron chi connectivity index (χ4n) is 2.92. The second-order valence-electron chi connectivity index (χ2n) is 5.64. The number of hydrogen-bond donors (Lipinski definition) is 0. The van der Waals surface area contributed by atoms with Crippen molar-refractivity contribution >= 4 is 26.8 Å². The first-order valence-electron chi connectivity index (χ1n) is 7.26. The molecule has 2 aromatic rings. The lowest BCUT2D eigenvalue weighted by molar-refractivity contribution is -0.383. The van der Waals surface area contributed by atoms with E-state index in [1.165, 1.54) is 6.33 Å². The van der Waals surface area contributed by atoms with E-state index in [0.29, 0.717) is 6.07 Å². The number of nitro groups is 1. The monoisotopic (exact) mass is 379 g/mol. The van der Waals surface area contributed by atoms with E-state index < -0.39 is 32.0 Å². The quantitative estimate of drug-likeness (QED) is 0.349. The van der Waals surface area contributed by atoms with Crippen molar-refractivity contribution in [2.24, 2.45) is 0 Å². The van der Waals surface area contributed by atoms with Crippen molar-refractivity contribution in [2.45, 2.75) is 37.2 Å². The van der Waals surface area contributed by atoms with Crippen LogP contribution in [0.2, 0.25) is 0 Å². The van der Waals surface area contributed by atoms with Crippen molar-refractivity contribution < 1.29 is 30.7 Å². The first-order valence-corrected chi connectivity index (χ1v) is 8.67.